The van der Waals surface area contributed by atoms with Crippen LogP contribution in [-0.2, 0) is 14.8 Å². The maximum absolute atomic E-state index is 12.7. The van der Waals surface area contributed by atoms with Crippen LogP contribution in [0.25, 0.3) is 0 Å². The van der Waals surface area contributed by atoms with Crippen molar-refractivity contribution in [3.63, 3.8) is 0 Å². The summed E-state index contributed by atoms with van der Waals surface area (Å²) in [4.78, 5) is 25.1. The maximum Gasteiger partial charge on any atom is 0.253 e. The number of nitriles is 1. The van der Waals surface area contributed by atoms with Crippen LogP contribution in [0.1, 0.15) is 41.6 Å². The van der Waals surface area contributed by atoms with Crippen LogP contribution in [0, 0.1) is 11.3 Å². The van der Waals surface area contributed by atoms with Gasteiger partial charge >= 0.3 is 0 Å². The lowest BCUT2D eigenvalue weighted by Crippen LogP contribution is -2.36. The standard InChI is InChI=1S/C22H24N4O4S/c1-26(31(29,30)18-12-10-16(14-23)11-13-18)15-21(27)25-20-9-5-4-8-19(20)22(28)24-17-6-2-3-7-17/h4-5,8-13,17H,2-3,6-7,15H2,1H3,(H,24,28)(H,25,27). The first-order chi connectivity index (χ1) is 14.8. The van der Waals surface area contributed by atoms with Crippen molar-refractivity contribution in [3.05, 3.63) is 59.7 Å². The fraction of sp³-hybridized carbons (Fsp3) is 0.318. The van der Waals surface area contributed by atoms with E-state index < -0.39 is 22.5 Å². The first-order valence-electron chi connectivity index (χ1n) is 9.97. The molecular formula is C22H24N4O4S. The van der Waals surface area contributed by atoms with E-state index in [-0.39, 0.29) is 16.8 Å². The van der Waals surface area contributed by atoms with Crippen LogP contribution in [0.5, 0.6) is 0 Å². The Morgan fingerprint density at radius 3 is 2.39 bits per heavy atom. The molecule has 8 nitrogen and oxygen atoms in total. The number of nitrogens with one attached hydrogen (secondary N) is 2. The monoisotopic (exact) mass is 440 g/mol. The number of benzene rings is 2. The van der Waals surface area contributed by atoms with Gasteiger partial charge in [-0.1, -0.05) is 25.0 Å². The normalized spacial score (nSPS) is 14.2. The summed E-state index contributed by atoms with van der Waals surface area (Å²) in [5.74, 6) is -0.831. The smallest absolute Gasteiger partial charge is 0.253 e. The summed E-state index contributed by atoms with van der Waals surface area (Å²) in [6.07, 6.45) is 4.06. The molecule has 0 saturated heterocycles. The van der Waals surface area contributed by atoms with Crippen LogP contribution in [0.15, 0.2) is 53.4 Å². The minimum Gasteiger partial charge on any atom is -0.349 e. The third-order valence-electron chi connectivity index (χ3n) is 5.19. The van der Waals surface area contributed by atoms with Crippen LogP contribution in [0.2, 0.25) is 0 Å². The van der Waals surface area contributed by atoms with Crippen LogP contribution in [-0.4, -0.2) is 44.2 Å². The number of sulfonamides is 1. The first-order valence-corrected chi connectivity index (χ1v) is 11.4. The molecule has 1 fully saturated rings. The van der Waals surface area contributed by atoms with Crippen molar-refractivity contribution < 1.29 is 18.0 Å². The minimum absolute atomic E-state index is 0.0156. The molecule has 0 unspecified atom stereocenters. The number of carbonyl (C=O) groups is 2. The summed E-state index contributed by atoms with van der Waals surface area (Å²) in [7, 11) is -2.61. The molecule has 0 bridgehead atoms. The largest absolute Gasteiger partial charge is 0.349 e. The highest BCUT2D eigenvalue weighted by Crippen LogP contribution is 2.21. The Morgan fingerprint density at radius 1 is 1.10 bits per heavy atom. The van der Waals surface area contributed by atoms with E-state index in [1.807, 2.05) is 6.07 Å². The third kappa shape index (κ3) is 5.48. The maximum atomic E-state index is 12.7. The van der Waals surface area contributed by atoms with Crippen molar-refractivity contribution in [2.24, 2.45) is 0 Å². The van der Waals surface area contributed by atoms with Gasteiger partial charge in [-0.2, -0.15) is 9.57 Å². The SMILES string of the molecule is CN(CC(=O)Nc1ccccc1C(=O)NC1CCCC1)S(=O)(=O)c1ccc(C#N)cc1. The molecule has 0 radical (unpaired) electrons. The van der Waals surface area contributed by atoms with Gasteiger partial charge in [-0.25, -0.2) is 8.42 Å². The van der Waals surface area contributed by atoms with Crippen molar-refractivity contribution in [1.82, 2.24) is 9.62 Å². The van der Waals surface area contributed by atoms with Crippen molar-refractivity contribution >= 4 is 27.5 Å². The number of rotatable bonds is 7. The van der Waals surface area contributed by atoms with E-state index in [0.717, 1.165) is 30.0 Å². The number of anilines is 1. The van der Waals surface area contributed by atoms with Crippen molar-refractivity contribution in [2.45, 2.75) is 36.6 Å². The number of hydrogen-bond acceptors (Lipinski definition) is 5. The molecule has 0 heterocycles. The minimum atomic E-state index is -3.91. The molecule has 0 aromatic heterocycles. The van der Waals surface area contributed by atoms with E-state index >= 15 is 0 Å². The lowest BCUT2D eigenvalue weighted by Gasteiger charge is -2.18. The fourth-order valence-corrected chi connectivity index (χ4v) is 4.61. The van der Waals surface area contributed by atoms with Crippen LogP contribution in [0.4, 0.5) is 5.69 Å². The van der Waals surface area contributed by atoms with Gasteiger partial charge in [0.15, 0.2) is 0 Å². The summed E-state index contributed by atoms with van der Waals surface area (Å²) < 4.78 is 26.3. The van der Waals surface area contributed by atoms with Gasteiger partial charge < -0.3 is 10.6 Å². The molecule has 2 aromatic carbocycles. The predicted octanol–water partition coefficient (Wildman–Crippen LogP) is 2.49. The molecule has 2 amide bonds. The Morgan fingerprint density at radius 2 is 1.74 bits per heavy atom. The van der Waals surface area contributed by atoms with Crippen molar-refractivity contribution in [1.29, 1.82) is 5.26 Å². The molecule has 9 heteroatoms. The zero-order valence-electron chi connectivity index (χ0n) is 17.2. The molecule has 3 rings (SSSR count). The van der Waals surface area contributed by atoms with Crippen LogP contribution >= 0.6 is 0 Å². The second-order valence-electron chi connectivity index (χ2n) is 7.45. The average Bonchev–Trinajstić information content (AvgIpc) is 3.27. The van der Waals surface area contributed by atoms with Gasteiger partial charge in [-0.15, -0.1) is 0 Å². The molecule has 2 aromatic rings. The molecule has 31 heavy (non-hydrogen) atoms. The zero-order valence-corrected chi connectivity index (χ0v) is 18.0. The van der Waals surface area contributed by atoms with Gasteiger partial charge in [0, 0.05) is 13.1 Å². The van der Waals surface area contributed by atoms with E-state index in [1.165, 1.54) is 31.3 Å². The average molecular weight is 441 g/mol. The van der Waals surface area contributed by atoms with Gasteiger partial charge in [0.2, 0.25) is 15.9 Å². The molecule has 1 aliphatic rings. The third-order valence-corrected chi connectivity index (χ3v) is 7.01. The van der Waals surface area contributed by atoms with Gasteiger partial charge in [-0.3, -0.25) is 9.59 Å². The number of carbonyl (C=O) groups excluding carboxylic acids is 2. The topological polar surface area (TPSA) is 119 Å². The zero-order chi connectivity index (χ0) is 22.4. The van der Waals surface area contributed by atoms with E-state index in [4.69, 9.17) is 5.26 Å². The Balaban J connectivity index is 1.67. The quantitative estimate of drug-likeness (QED) is 0.685. The Hall–Kier alpha value is -3.22. The molecule has 0 atom stereocenters. The highest BCUT2D eigenvalue weighted by Gasteiger charge is 2.24. The van der Waals surface area contributed by atoms with Gasteiger partial charge in [0.05, 0.1) is 34.3 Å². The molecule has 1 aliphatic carbocycles. The van der Waals surface area contributed by atoms with Crippen molar-refractivity contribution in [2.75, 3.05) is 18.9 Å². The number of para-hydroxylation sites is 1. The molecule has 162 valence electrons. The summed E-state index contributed by atoms with van der Waals surface area (Å²) in [5.41, 5.74) is 0.999. The number of likely N-dealkylation sites (N-methyl/N-ethyl adjacent to an activating group) is 1. The highest BCUT2D eigenvalue weighted by molar-refractivity contribution is 7.89. The van der Waals surface area contributed by atoms with E-state index in [9.17, 15) is 18.0 Å². The number of hydrogen-bond donors (Lipinski definition) is 2. The van der Waals surface area contributed by atoms with Gasteiger partial charge in [-0.05, 0) is 49.2 Å². The number of nitrogens with zero attached hydrogens (tertiary/aromatic N) is 2. The van der Waals surface area contributed by atoms with E-state index in [2.05, 4.69) is 10.6 Å². The molecule has 1 saturated carbocycles. The Kier molecular flexibility index (Phi) is 7.05. The lowest BCUT2D eigenvalue weighted by atomic mass is 10.1. The second-order valence-corrected chi connectivity index (χ2v) is 9.49. The Bertz CT molecular complexity index is 1100. The predicted molar refractivity (Wildman–Crippen MR) is 116 cm³/mol. The van der Waals surface area contributed by atoms with E-state index in [0.29, 0.717) is 16.8 Å². The summed E-state index contributed by atoms with van der Waals surface area (Å²) in [5, 5.41) is 14.5. The highest BCUT2D eigenvalue weighted by atomic mass is 32.2. The number of amides is 2. The molecule has 0 spiro atoms. The summed E-state index contributed by atoms with van der Waals surface area (Å²) in [6.45, 7) is -0.430. The second kappa shape index (κ2) is 9.73. The molecule has 2 N–H and O–H groups in total. The summed E-state index contributed by atoms with van der Waals surface area (Å²) >= 11 is 0. The van der Waals surface area contributed by atoms with Crippen LogP contribution in [0.3, 0.4) is 0 Å². The first kappa shape index (κ1) is 22.5. The van der Waals surface area contributed by atoms with Crippen LogP contribution < -0.4 is 10.6 Å². The van der Waals surface area contributed by atoms with Crippen molar-refractivity contribution in [3.8, 4) is 6.07 Å². The van der Waals surface area contributed by atoms with Gasteiger partial charge in [0.25, 0.3) is 5.91 Å². The molecular weight excluding hydrogens is 416 g/mol. The fourth-order valence-electron chi connectivity index (χ4n) is 3.48. The lowest BCUT2D eigenvalue weighted by molar-refractivity contribution is -0.116. The Labute approximate surface area is 181 Å². The molecule has 0 aliphatic heterocycles. The van der Waals surface area contributed by atoms with Gasteiger partial charge in [0.1, 0.15) is 0 Å². The summed E-state index contributed by atoms with van der Waals surface area (Å²) in [6, 6.07) is 14.2. The van der Waals surface area contributed by atoms with E-state index in [1.54, 1.807) is 24.3 Å².